The first kappa shape index (κ1) is 25.2. The van der Waals surface area contributed by atoms with Crippen molar-refractivity contribution >= 4 is 28.4 Å². The van der Waals surface area contributed by atoms with Crippen LogP contribution < -0.4 is 10.2 Å². The minimum absolute atomic E-state index is 0.109. The number of amides is 2. The maximum Gasteiger partial charge on any atom is 0.249 e. The van der Waals surface area contributed by atoms with E-state index >= 15 is 0 Å². The van der Waals surface area contributed by atoms with Crippen molar-refractivity contribution in [3.8, 4) is 0 Å². The molecule has 0 aliphatic rings. The molecule has 3 aromatic carbocycles. The minimum atomic E-state index is -0.668. The fourth-order valence-corrected chi connectivity index (χ4v) is 5.07. The molecule has 0 aliphatic heterocycles. The summed E-state index contributed by atoms with van der Waals surface area (Å²) in [4.78, 5) is 28.9. The van der Waals surface area contributed by atoms with Gasteiger partial charge in [0.1, 0.15) is 6.04 Å². The van der Waals surface area contributed by atoms with Gasteiger partial charge >= 0.3 is 0 Å². The Bertz CT molecular complexity index is 1330. The van der Waals surface area contributed by atoms with Crippen LogP contribution in [0.25, 0.3) is 10.9 Å². The fourth-order valence-electron chi connectivity index (χ4n) is 5.07. The Morgan fingerprint density at radius 1 is 0.889 bits per heavy atom. The van der Waals surface area contributed by atoms with E-state index in [4.69, 9.17) is 0 Å². The molecular formula is C31H35N3O2. The van der Waals surface area contributed by atoms with Gasteiger partial charge in [0, 0.05) is 41.3 Å². The summed E-state index contributed by atoms with van der Waals surface area (Å²) in [5, 5.41) is 4.18. The number of fused-ring (bicyclic) bond motifs is 1. The number of rotatable bonds is 9. The molecule has 5 nitrogen and oxygen atoms in total. The molecule has 4 aromatic rings. The van der Waals surface area contributed by atoms with Crippen LogP contribution in [0.1, 0.15) is 43.6 Å². The number of nitrogens with zero attached hydrogens (tertiary/aromatic N) is 2. The van der Waals surface area contributed by atoms with E-state index in [2.05, 4.69) is 42.8 Å². The molecule has 0 spiro atoms. The van der Waals surface area contributed by atoms with Crippen LogP contribution in [0.3, 0.4) is 0 Å². The van der Waals surface area contributed by atoms with Crippen molar-refractivity contribution in [2.45, 2.75) is 52.6 Å². The molecule has 0 saturated carbocycles. The zero-order valence-corrected chi connectivity index (χ0v) is 21.6. The molecule has 0 bridgehead atoms. The van der Waals surface area contributed by atoms with E-state index in [9.17, 15) is 9.59 Å². The van der Waals surface area contributed by atoms with Gasteiger partial charge in [-0.3, -0.25) is 9.59 Å². The summed E-state index contributed by atoms with van der Waals surface area (Å²) in [6.07, 6.45) is 0.656. The summed E-state index contributed by atoms with van der Waals surface area (Å²) < 4.78 is 2.28. The number of hydrogen-bond acceptors (Lipinski definition) is 2. The molecule has 0 fully saturated rings. The summed E-state index contributed by atoms with van der Waals surface area (Å²) in [6, 6.07) is 27.3. The Labute approximate surface area is 213 Å². The fraction of sp³-hybridized carbons (Fsp3) is 0.290. The van der Waals surface area contributed by atoms with Crippen LogP contribution in [0.15, 0.2) is 84.9 Å². The first-order valence-electron chi connectivity index (χ1n) is 12.7. The average Bonchev–Trinajstić information content (AvgIpc) is 3.16. The van der Waals surface area contributed by atoms with Gasteiger partial charge in [-0.1, -0.05) is 66.7 Å². The lowest BCUT2D eigenvalue weighted by Gasteiger charge is -2.27. The molecule has 0 aliphatic carbocycles. The van der Waals surface area contributed by atoms with Gasteiger partial charge < -0.3 is 14.8 Å². The third-order valence-electron chi connectivity index (χ3n) is 6.71. The largest absolute Gasteiger partial charge is 0.344 e. The molecule has 0 saturated heterocycles. The highest BCUT2D eigenvalue weighted by atomic mass is 16.2. The molecule has 0 unspecified atom stereocenters. The Hall–Kier alpha value is -3.86. The number of benzene rings is 3. The van der Waals surface area contributed by atoms with E-state index in [0.717, 1.165) is 33.4 Å². The number of anilines is 1. The third kappa shape index (κ3) is 5.35. The summed E-state index contributed by atoms with van der Waals surface area (Å²) in [6.45, 7) is 8.85. The van der Waals surface area contributed by atoms with Crippen LogP contribution >= 0.6 is 0 Å². The van der Waals surface area contributed by atoms with Gasteiger partial charge in [0.25, 0.3) is 0 Å². The first-order valence-corrected chi connectivity index (χ1v) is 12.7. The summed E-state index contributed by atoms with van der Waals surface area (Å²) in [5.41, 5.74) is 5.07. The Balaban J connectivity index is 1.62. The van der Waals surface area contributed by atoms with Gasteiger partial charge in [-0.05, 0) is 57.0 Å². The maximum atomic E-state index is 13.7. The Morgan fingerprint density at radius 3 is 2.14 bits per heavy atom. The maximum absolute atomic E-state index is 13.7. The SMILES string of the molecule is CCN(C(=O)[C@H](Cc1ccccc1)NC(=O)Cc1c(C)n(C(C)C)c2ccccc12)c1ccccc1. The van der Waals surface area contributed by atoms with Crippen LogP contribution in [-0.2, 0) is 22.4 Å². The van der Waals surface area contributed by atoms with E-state index in [1.54, 1.807) is 4.90 Å². The molecule has 36 heavy (non-hydrogen) atoms. The summed E-state index contributed by atoms with van der Waals surface area (Å²) >= 11 is 0. The van der Waals surface area contributed by atoms with Crippen molar-refractivity contribution in [3.05, 3.63) is 102 Å². The van der Waals surface area contributed by atoms with Gasteiger partial charge in [0.2, 0.25) is 11.8 Å². The Kier molecular flexibility index (Phi) is 7.89. The molecule has 186 valence electrons. The number of carbonyl (C=O) groups excluding carboxylic acids is 2. The highest BCUT2D eigenvalue weighted by molar-refractivity contribution is 6.00. The van der Waals surface area contributed by atoms with Crippen molar-refractivity contribution < 1.29 is 9.59 Å². The number of para-hydroxylation sites is 2. The molecule has 1 aromatic heterocycles. The molecule has 1 atom stereocenters. The lowest BCUT2D eigenvalue weighted by Crippen LogP contribution is -2.50. The molecule has 1 N–H and O–H groups in total. The van der Waals surface area contributed by atoms with Crippen molar-refractivity contribution in [1.82, 2.24) is 9.88 Å². The van der Waals surface area contributed by atoms with E-state index in [-0.39, 0.29) is 24.3 Å². The number of aromatic nitrogens is 1. The number of likely N-dealkylation sites (N-methyl/N-ethyl adjacent to an activating group) is 1. The molecule has 5 heteroatoms. The van der Waals surface area contributed by atoms with Crippen molar-refractivity contribution in [1.29, 1.82) is 0 Å². The second kappa shape index (κ2) is 11.3. The average molecular weight is 482 g/mol. The lowest BCUT2D eigenvalue weighted by atomic mass is 10.0. The highest BCUT2D eigenvalue weighted by Crippen LogP contribution is 2.29. The number of nitrogens with one attached hydrogen (secondary N) is 1. The summed E-state index contributed by atoms with van der Waals surface area (Å²) in [5.74, 6) is -0.259. The van der Waals surface area contributed by atoms with Gasteiger partial charge in [0.05, 0.1) is 6.42 Å². The number of carbonyl (C=O) groups is 2. The van der Waals surface area contributed by atoms with Gasteiger partial charge in [-0.2, -0.15) is 0 Å². The molecule has 4 rings (SSSR count). The van der Waals surface area contributed by atoms with Crippen molar-refractivity contribution in [2.75, 3.05) is 11.4 Å². The second-order valence-corrected chi connectivity index (χ2v) is 9.45. The third-order valence-corrected chi connectivity index (χ3v) is 6.71. The normalized spacial score (nSPS) is 12.0. The standard InChI is InChI=1S/C31H35N3O2/c1-5-33(25-16-10-7-11-17-25)31(36)28(20-24-14-8-6-9-15-24)32-30(35)21-27-23(4)34(22(2)3)29-19-13-12-18-26(27)29/h6-19,22,28H,5,20-21H2,1-4H3,(H,32,35)/t28-/m0/s1. The molecule has 0 radical (unpaired) electrons. The van der Waals surface area contributed by atoms with Crippen LogP contribution in [0.4, 0.5) is 5.69 Å². The van der Waals surface area contributed by atoms with E-state index in [0.29, 0.717) is 13.0 Å². The zero-order valence-electron chi connectivity index (χ0n) is 21.6. The van der Waals surface area contributed by atoms with E-state index < -0.39 is 6.04 Å². The smallest absolute Gasteiger partial charge is 0.249 e. The second-order valence-electron chi connectivity index (χ2n) is 9.45. The monoisotopic (exact) mass is 481 g/mol. The van der Waals surface area contributed by atoms with Crippen molar-refractivity contribution in [3.63, 3.8) is 0 Å². The van der Waals surface area contributed by atoms with Gasteiger partial charge in [-0.25, -0.2) is 0 Å². The van der Waals surface area contributed by atoms with Gasteiger partial charge in [-0.15, -0.1) is 0 Å². The predicted molar refractivity (Wildman–Crippen MR) is 147 cm³/mol. The highest BCUT2D eigenvalue weighted by Gasteiger charge is 2.27. The quantitative estimate of drug-likeness (QED) is 0.326. The molecular weight excluding hydrogens is 446 g/mol. The summed E-state index contributed by atoms with van der Waals surface area (Å²) in [7, 11) is 0. The topological polar surface area (TPSA) is 54.3 Å². The first-order chi connectivity index (χ1) is 17.4. The number of hydrogen-bond donors (Lipinski definition) is 1. The van der Waals surface area contributed by atoms with Crippen LogP contribution in [0, 0.1) is 6.92 Å². The molecule has 1 heterocycles. The van der Waals surface area contributed by atoms with Crippen LogP contribution in [0.5, 0.6) is 0 Å². The van der Waals surface area contributed by atoms with Gasteiger partial charge in [0.15, 0.2) is 0 Å². The lowest BCUT2D eigenvalue weighted by molar-refractivity contribution is -0.127. The van der Waals surface area contributed by atoms with E-state index in [1.165, 1.54) is 0 Å². The van der Waals surface area contributed by atoms with Crippen LogP contribution in [0.2, 0.25) is 0 Å². The minimum Gasteiger partial charge on any atom is -0.344 e. The van der Waals surface area contributed by atoms with Crippen LogP contribution in [-0.4, -0.2) is 29.0 Å². The van der Waals surface area contributed by atoms with E-state index in [1.807, 2.05) is 79.7 Å². The zero-order chi connectivity index (χ0) is 25.7. The molecule has 2 amide bonds. The van der Waals surface area contributed by atoms with Crippen molar-refractivity contribution in [2.24, 2.45) is 0 Å². The predicted octanol–water partition coefficient (Wildman–Crippen LogP) is 5.85. The Morgan fingerprint density at radius 2 is 1.50 bits per heavy atom.